The average Bonchev–Trinajstić information content (AvgIpc) is 3.22. The highest BCUT2D eigenvalue weighted by atomic mass is 16.5. The molecule has 0 atom stereocenters. The van der Waals surface area contributed by atoms with Crippen LogP contribution in [-0.4, -0.2) is 16.7 Å². The van der Waals surface area contributed by atoms with Crippen molar-refractivity contribution in [3.05, 3.63) is 89.6 Å². The third-order valence-electron chi connectivity index (χ3n) is 6.75. The number of benzene rings is 3. The lowest BCUT2D eigenvalue weighted by Gasteiger charge is -2.21. The van der Waals surface area contributed by atoms with Gasteiger partial charge in [0.2, 0.25) is 0 Å². The molecule has 0 N–H and O–H groups in total. The third kappa shape index (κ3) is 2.43. The lowest BCUT2D eigenvalue weighted by Crippen LogP contribution is -2.14. The van der Waals surface area contributed by atoms with Gasteiger partial charge in [-0.25, -0.2) is 0 Å². The van der Waals surface area contributed by atoms with Crippen molar-refractivity contribution in [2.45, 2.75) is 26.2 Å². The molecule has 3 aromatic carbocycles. The van der Waals surface area contributed by atoms with E-state index >= 15 is 0 Å². The van der Waals surface area contributed by atoms with Crippen LogP contribution >= 0.6 is 0 Å². The highest BCUT2D eigenvalue weighted by Gasteiger charge is 2.36. The van der Waals surface area contributed by atoms with E-state index in [4.69, 9.17) is 9.72 Å². The Morgan fingerprint density at radius 2 is 1.68 bits per heavy atom. The molecule has 0 saturated carbocycles. The van der Waals surface area contributed by atoms with Crippen LogP contribution < -0.4 is 4.74 Å². The fourth-order valence-corrected chi connectivity index (χ4v) is 5.28. The molecule has 1 aliphatic carbocycles. The van der Waals surface area contributed by atoms with Crippen LogP contribution in [0.3, 0.4) is 0 Å². The summed E-state index contributed by atoms with van der Waals surface area (Å²) >= 11 is 0. The van der Waals surface area contributed by atoms with Crippen molar-refractivity contribution in [3.63, 3.8) is 0 Å². The first-order valence-electron chi connectivity index (χ1n) is 10.7. The Morgan fingerprint density at radius 1 is 0.839 bits per heavy atom. The van der Waals surface area contributed by atoms with Gasteiger partial charge in [0, 0.05) is 23.1 Å². The summed E-state index contributed by atoms with van der Waals surface area (Å²) in [5.41, 5.74) is 11.0. The molecule has 0 fully saturated rings. The second-order valence-electron chi connectivity index (χ2n) is 9.00. The van der Waals surface area contributed by atoms with Crippen LogP contribution in [0.4, 0.5) is 0 Å². The molecule has 0 unspecified atom stereocenters. The minimum absolute atomic E-state index is 0.0319. The first kappa shape index (κ1) is 18.2. The number of hydrogen-bond donors (Lipinski definition) is 0. The molecule has 0 amide bonds. The molecule has 3 heteroatoms. The van der Waals surface area contributed by atoms with E-state index < -0.39 is 0 Å². The molecular weight excluding hydrogens is 380 g/mol. The maximum absolute atomic E-state index is 5.58. The first-order chi connectivity index (χ1) is 15.0. The summed E-state index contributed by atoms with van der Waals surface area (Å²) < 4.78 is 7.90. The summed E-state index contributed by atoms with van der Waals surface area (Å²) in [5.74, 6) is 0.863. The van der Waals surface area contributed by atoms with Crippen LogP contribution in [0.1, 0.15) is 30.5 Å². The summed E-state index contributed by atoms with van der Waals surface area (Å²) in [7, 11) is 1.72. The average molecular weight is 405 g/mol. The van der Waals surface area contributed by atoms with Crippen molar-refractivity contribution in [2.75, 3.05) is 7.11 Å². The van der Waals surface area contributed by atoms with Gasteiger partial charge >= 0.3 is 0 Å². The molecule has 0 saturated heterocycles. The molecule has 152 valence electrons. The number of aryl methyl sites for hydroxylation is 1. The highest BCUT2D eigenvalue weighted by molar-refractivity contribution is 6.09. The molecule has 31 heavy (non-hydrogen) atoms. The van der Waals surface area contributed by atoms with Crippen LogP contribution in [-0.2, 0) is 5.41 Å². The number of aromatic nitrogens is 2. The van der Waals surface area contributed by atoms with E-state index in [0.29, 0.717) is 0 Å². The molecule has 5 aromatic rings. The van der Waals surface area contributed by atoms with Gasteiger partial charge in [-0.2, -0.15) is 0 Å². The number of hydrogen-bond acceptors (Lipinski definition) is 2. The van der Waals surface area contributed by atoms with Crippen molar-refractivity contribution >= 4 is 21.9 Å². The van der Waals surface area contributed by atoms with E-state index in [0.717, 1.165) is 22.5 Å². The second kappa shape index (κ2) is 6.21. The summed E-state index contributed by atoms with van der Waals surface area (Å²) in [6, 6.07) is 24.0. The van der Waals surface area contributed by atoms with Crippen molar-refractivity contribution < 1.29 is 4.74 Å². The van der Waals surface area contributed by atoms with Crippen LogP contribution in [0, 0.1) is 6.92 Å². The summed E-state index contributed by atoms with van der Waals surface area (Å²) in [4.78, 5) is 4.79. The van der Waals surface area contributed by atoms with Crippen LogP contribution in [0.25, 0.3) is 38.8 Å². The smallest absolute Gasteiger partial charge is 0.121 e. The first-order valence-corrected chi connectivity index (χ1v) is 10.7. The van der Waals surface area contributed by atoms with Gasteiger partial charge in [-0.15, -0.1) is 0 Å². The van der Waals surface area contributed by atoms with Crippen molar-refractivity contribution in [2.24, 2.45) is 0 Å². The van der Waals surface area contributed by atoms with Crippen LogP contribution in [0.15, 0.2) is 72.9 Å². The Labute approximate surface area is 181 Å². The Balaban J connectivity index is 1.76. The van der Waals surface area contributed by atoms with Gasteiger partial charge in [-0.05, 0) is 71.1 Å². The van der Waals surface area contributed by atoms with Gasteiger partial charge in [0.25, 0.3) is 0 Å². The maximum Gasteiger partial charge on any atom is 0.121 e. The van der Waals surface area contributed by atoms with E-state index in [2.05, 4.69) is 86.0 Å². The Morgan fingerprint density at radius 3 is 2.52 bits per heavy atom. The molecule has 3 nitrogen and oxygen atoms in total. The molecule has 2 aromatic heterocycles. The molecule has 0 bridgehead atoms. The van der Waals surface area contributed by atoms with E-state index in [9.17, 15) is 0 Å². The van der Waals surface area contributed by atoms with Crippen molar-refractivity contribution in [1.82, 2.24) is 9.55 Å². The van der Waals surface area contributed by atoms with Gasteiger partial charge < -0.3 is 9.30 Å². The topological polar surface area (TPSA) is 27.1 Å². The second-order valence-corrected chi connectivity index (χ2v) is 9.00. The number of pyridine rings is 1. The number of ether oxygens (including phenoxy) is 1. The molecular formula is C28H24N2O. The normalized spacial score (nSPS) is 14.1. The van der Waals surface area contributed by atoms with Crippen LogP contribution in [0.5, 0.6) is 5.75 Å². The zero-order chi connectivity index (χ0) is 21.3. The predicted octanol–water partition coefficient (Wildman–Crippen LogP) is 6.80. The zero-order valence-electron chi connectivity index (χ0n) is 18.2. The summed E-state index contributed by atoms with van der Waals surface area (Å²) in [6.45, 7) is 6.75. The van der Waals surface area contributed by atoms with Gasteiger partial charge in [0.05, 0.1) is 29.3 Å². The molecule has 6 rings (SSSR count). The van der Waals surface area contributed by atoms with Gasteiger partial charge in [0.15, 0.2) is 0 Å². The number of rotatable bonds is 2. The Hall–Kier alpha value is -3.59. The van der Waals surface area contributed by atoms with Gasteiger partial charge in [-0.3, -0.25) is 4.98 Å². The van der Waals surface area contributed by atoms with Gasteiger partial charge in [-0.1, -0.05) is 38.1 Å². The van der Waals surface area contributed by atoms with Crippen molar-refractivity contribution in [1.29, 1.82) is 0 Å². The Bertz CT molecular complexity index is 1510. The minimum Gasteiger partial charge on any atom is -0.497 e. The molecule has 2 heterocycles. The summed E-state index contributed by atoms with van der Waals surface area (Å²) in [6.07, 6.45) is 1.88. The maximum atomic E-state index is 5.58. The monoisotopic (exact) mass is 404 g/mol. The number of nitrogens with zero attached hydrogens (tertiary/aromatic N) is 2. The quantitative estimate of drug-likeness (QED) is 0.323. The Kier molecular flexibility index (Phi) is 3.64. The number of fused-ring (bicyclic) bond motifs is 6. The van der Waals surface area contributed by atoms with Crippen molar-refractivity contribution in [3.8, 4) is 22.6 Å². The fraction of sp³-hybridized carbons (Fsp3) is 0.179. The SMILES string of the molecule is COc1cc(C)cc(-n2c3cc4c(cc3c3ncccc32)C(C)(C)c2ccccc2-4)c1. The predicted molar refractivity (Wildman–Crippen MR) is 127 cm³/mol. The van der Waals surface area contributed by atoms with E-state index in [1.54, 1.807) is 7.11 Å². The lowest BCUT2D eigenvalue weighted by atomic mass is 9.82. The molecule has 0 radical (unpaired) electrons. The third-order valence-corrected chi connectivity index (χ3v) is 6.75. The van der Waals surface area contributed by atoms with Gasteiger partial charge in [0.1, 0.15) is 5.75 Å². The minimum atomic E-state index is -0.0319. The summed E-state index contributed by atoms with van der Waals surface area (Å²) in [5, 5.41) is 1.19. The molecule has 0 aliphatic heterocycles. The van der Waals surface area contributed by atoms with E-state index in [1.165, 1.54) is 38.7 Å². The van der Waals surface area contributed by atoms with Crippen LogP contribution in [0.2, 0.25) is 0 Å². The molecule has 1 aliphatic rings. The largest absolute Gasteiger partial charge is 0.497 e. The fourth-order valence-electron chi connectivity index (χ4n) is 5.28. The highest BCUT2D eigenvalue weighted by Crippen LogP contribution is 2.50. The standard InChI is InChI=1S/C28H24N2O/c1-17-12-18(14-19(13-17)31-4)30-25-10-7-11-29-27(25)22-15-24-21(16-26(22)30)20-8-5-6-9-23(20)28(24,2)3/h5-16H,1-4H3. The zero-order valence-corrected chi connectivity index (χ0v) is 18.2. The number of methoxy groups -OCH3 is 1. The molecule has 0 spiro atoms. The lowest BCUT2D eigenvalue weighted by molar-refractivity contribution is 0.414. The van der Waals surface area contributed by atoms with E-state index in [-0.39, 0.29) is 5.41 Å². The van der Waals surface area contributed by atoms with E-state index in [1.807, 2.05) is 12.3 Å².